The van der Waals surface area contributed by atoms with Crippen molar-refractivity contribution in [3.63, 3.8) is 0 Å². The van der Waals surface area contributed by atoms with E-state index in [4.69, 9.17) is 9.47 Å². The molecule has 1 aromatic heterocycles. The second kappa shape index (κ2) is 8.42. The summed E-state index contributed by atoms with van der Waals surface area (Å²) in [6.45, 7) is 7.90. The first-order valence-electron chi connectivity index (χ1n) is 10.8. The Morgan fingerprint density at radius 1 is 1.46 bits per heavy atom. The highest BCUT2D eigenvalue weighted by Gasteiger charge is 2.45. The second-order valence-corrected chi connectivity index (χ2v) is 10.1. The maximum absolute atomic E-state index is 11.6. The first-order valence-corrected chi connectivity index (χ1v) is 11.6. The Kier molecular flexibility index (Phi) is 6.12. The lowest BCUT2D eigenvalue weighted by Crippen LogP contribution is -2.54. The lowest BCUT2D eigenvalue weighted by Gasteiger charge is -2.49. The van der Waals surface area contributed by atoms with Crippen LogP contribution in [0, 0.1) is 5.92 Å². The average Bonchev–Trinajstić information content (AvgIpc) is 3.07. The molecule has 5 nitrogen and oxygen atoms in total. The van der Waals surface area contributed by atoms with Crippen LogP contribution in [0.15, 0.2) is 6.07 Å². The maximum Gasteiger partial charge on any atom is 0.246 e. The Labute approximate surface area is 172 Å². The molecule has 156 valence electrons. The van der Waals surface area contributed by atoms with Crippen LogP contribution in [0.4, 0.5) is 0 Å². The summed E-state index contributed by atoms with van der Waals surface area (Å²) in [5, 5.41) is 3.06. The molecule has 1 spiro atoms. The Bertz CT molecular complexity index is 700. The zero-order valence-electron chi connectivity index (χ0n) is 17.5. The number of carbonyl (C=O) groups is 1. The maximum atomic E-state index is 11.6. The Balaban J connectivity index is 1.31. The zero-order valence-corrected chi connectivity index (χ0v) is 18.3. The van der Waals surface area contributed by atoms with Gasteiger partial charge in [0.05, 0.1) is 12.2 Å². The van der Waals surface area contributed by atoms with E-state index in [0.29, 0.717) is 18.0 Å². The predicted molar refractivity (Wildman–Crippen MR) is 112 cm³/mol. The number of nitrogens with one attached hydrogen (secondary N) is 1. The van der Waals surface area contributed by atoms with Crippen molar-refractivity contribution in [2.24, 2.45) is 5.92 Å². The fourth-order valence-electron chi connectivity index (χ4n) is 5.28. The van der Waals surface area contributed by atoms with Gasteiger partial charge in [0.15, 0.2) is 0 Å². The van der Waals surface area contributed by atoms with Gasteiger partial charge in [0.2, 0.25) is 5.91 Å². The van der Waals surface area contributed by atoms with Crippen LogP contribution in [0.1, 0.15) is 54.8 Å². The zero-order chi connectivity index (χ0) is 19.7. The molecule has 1 aliphatic carbocycles. The molecule has 0 radical (unpaired) electrons. The minimum atomic E-state index is -0.0519. The molecule has 1 saturated heterocycles. The third kappa shape index (κ3) is 4.02. The summed E-state index contributed by atoms with van der Waals surface area (Å²) in [5.41, 5.74) is 1.45. The van der Waals surface area contributed by atoms with Crippen LogP contribution in [0.25, 0.3) is 0 Å². The summed E-state index contributed by atoms with van der Waals surface area (Å²) in [4.78, 5) is 17.3. The van der Waals surface area contributed by atoms with Crippen molar-refractivity contribution in [1.82, 2.24) is 10.2 Å². The van der Waals surface area contributed by atoms with E-state index in [2.05, 4.69) is 30.1 Å². The minimum absolute atomic E-state index is 0.00620. The van der Waals surface area contributed by atoms with Gasteiger partial charge in [-0.3, -0.25) is 4.79 Å². The number of fused-ring (bicyclic) bond motifs is 2. The van der Waals surface area contributed by atoms with Crippen molar-refractivity contribution in [3.05, 3.63) is 21.4 Å². The molecule has 4 rings (SSSR count). The number of carbonyl (C=O) groups excluding carboxylic acids is 1. The Morgan fingerprint density at radius 3 is 3.00 bits per heavy atom. The summed E-state index contributed by atoms with van der Waals surface area (Å²) < 4.78 is 11.4. The van der Waals surface area contributed by atoms with Gasteiger partial charge >= 0.3 is 0 Å². The van der Waals surface area contributed by atoms with Gasteiger partial charge in [-0.15, -0.1) is 11.3 Å². The largest absolute Gasteiger partial charge is 0.375 e. The molecular weight excluding hydrogens is 372 g/mol. The van der Waals surface area contributed by atoms with Gasteiger partial charge in [-0.25, -0.2) is 0 Å². The molecule has 1 N–H and O–H groups in total. The van der Waals surface area contributed by atoms with Crippen molar-refractivity contribution in [3.8, 4) is 0 Å². The van der Waals surface area contributed by atoms with Crippen molar-refractivity contribution >= 4 is 17.2 Å². The number of ether oxygens (including phenoxy) is 2. The van der Waals surface area contributed by atoms with Gasteiger partial charge in [-0.1, -0.05) is 6.92 Å². The van der Waals surface area contributed by atoms with Gasteiger partial charge in [0, 0.05) is 48.5 Å². The van der Waals surface area contributed by atoms with Gasteiger partial charge in [-0.2, -0.15) is 0 Å². The van der Waals surface area contributed by atoms with E-state index < -0.39 is 0 Å². The van der Waals surface area contributed by atoms with Crippen LogP contribution in [0.2, 0.25) is 0 Å². The highest BCUT2D eigenvalue weighted by atomic mass is 32.1. The van der Waals surface area contributed by atoms with Crippen molar-refractivity contribution in [2.75, 3.05) is 33.4 Å². The Morgan fingerprint density at radius 2 is 2.29 bits per heavy atom. The first-order chi connectivity index (χ1) is 13.5. The van der Waals surface area contributed by atoms with E-state index in [1.54, 1.807) is 12.0 Å². The number of hydrogen-bond acceptors (Lipinski definition) is 5. The van der Waals surface area contributed by atoms with Crippen LogP contribution in [0.3, 0.4) is 0 Å². The van der Waals surface area contributed by atoms with E-state index in [0.717, 1.165) is 58.2 Å². The number of hydrogen-bond donors (Lipinski definition) is 1. The summed E-state index contributed by atoms with van der Waals surface area (Å²) in [6.07, 6.45) is 6.59. The highest BCUT2D eigenvalue weighted by Crippen LogP contribution is 2.46. The minimum Gasteiger partial charge on any atom is -0.375 e. The average molecular weight is 407 g/mol. The number of nitrogens with zero attached hydrogens (tertiary/aromatic N) is 1. The molecule has 6 heteroatoms. The number of amides is 1. The topological polar surface area (TPSA) is 50.8 Å². The fraction of sp³-hybridized carbons (Fsp3) is 0.773. The fourth-order valence-corrected chi connectivity index (χ4v) is 6.46. The van der Waals surface area contributed by atoms with E-state index in [9.17, 15) is 4.79 Å². The van der Waals surface area contributed by atoms with Gasteiger partial charge in [-0.05, 0) is 56.6 Å². The predicted octanol–water partition coefficient (Wildman–Crippen LogP) is 3.10. The highest BCUT2D eigenvalue weighted by molar-refractivity contribution is 7.12. The summed E-state index contributed by atoms with van der Waals surface area (Å²) >= 11 is 2.00. The standard InChI is InChI=1S/C22H34N2O3S/c1-4-18-11-19-20(28-18)5-8-27-22(19)6-7-24(15(2)12-22)13-16-9-17(10-16)23-21(25)14-26-3/h11,15-17H,4-10,12-14H2,1-3H3,(H,23,25)/t15-,16-,17+,22+/m0/s1. The molecule has 2 atom stereocenters. The van der Waals surface area contributed by atoms with Crippen molar-refractivity contribution in [1.29, 1.82) is 0 Å². The van der Waals surface area contributed by atoms with Gasteiger partial charge in [0.25, 0.3) is 0 Å². The van der Waals surface area contributed by atoms with Crippen LogP contribution in [-0.4, -0.2) is 56.3 Å². The number of thiophene rings is 1. The molecule has 1 saturated carbocycles. The molecule has 2 fully saturated rings. The number of rotatable bonds is 6. The van der Waals surface area contributed by atoms with Crippen LogP contribution in [0.5, 0.6) is 0 Å². The molecule has 0 bridgehead atoms. The normalized spacial score (nSPS) is 32.8. The monoisotopic (exact) mass is 406 g/mol. The molecular formula is C22H34N2O3S. The molecule has 3 aliphatic rings. The second-order valence-electron chi connectivity index (χ2n) is 8.83. The van der Waals surface area contributed by atoms with E-state index in [-0.39, 0.29) is 18.1 Å². The smallest absolute Gasteiger partial charge is 0.246 e. The molecule has 1 aromatic rings. The molecule has 2 aliphatic heterocycles. The summed E-state index contributed by atoms with van der Waals surface area (Å²) in [7, 11) is 1.56. The number of aryl methyl sites for hydroxylation is 1. The molecule has 3 heterocycles. The van der Waals surface area contributed by atoms with Gasteiger partial charge < -0.3 is 19.7 Å². The number of likely N-dealkylation sites (tertiary alicyclic amines) is 1. The number of piperidine rings is 1. The SMILES string of the molecule is CCc1cc2c(s1)CCO[C@@]21CCN(C[C@H]2C[C@@H](NC(=O)COC)C2)[C@@H](C)C1. The van der Waals surface area contributed by atoms with Crippen LogP contribution in [-0.2, 0) is 32.7 Å². The number of methoxy groups -OCH3 is 1. The van der Waals surface area contributed by atoms with Crippen molar-refractivity contribution in [2.45, 2.75) is 70.1 Å². The molecule has 28 heavy (non-hydrogen) atoms. The molecule has 1 amide bonds. The van der Waals surface area contributed by atoms with Crippen LogP contribution < -0.4 is 5.32 Å². The third-order valence-electron chi connectivity index (χ3n) is 6.83. The lowest BCUT2D eigenvalue weighted by molar-refractivity contribution is -0.127. The van der Waals surface area contributed by atoms with Crippen LogP contribution >= 0.6 is 11.3 Å². The molecule has 0 aromatic carbocycles. The summed E-state index contributed by atoms with van der Waals surface area (Å²) in [5.74, 6) is 0.701. The quantitative estimate of drug-likeness (QED) is 0.789. The molecule has 0 unspecified atom stereocenters. The van der Waals surface area contributed by atoms with Gasteiger partial charge in [0.1, 0.15) is 6.61 Å². The van der Waals surface area contributed by atoms with E-state index in [1.165, 1.54) is 10.4 Å². The summed E-state index contributed by atoms with van der Waals surface area (Å²) in [6, 6.07) is 3.30. The first kappa shape index (κ1) is 20.3. The van der Waals surface area contributed by atoms with Crippen molar-refractivity contribution < 1.29 is 14.3 Å². The Hall–Kier alpha value is -0.950. The third-order valence-corrected chi connectivity index (χ3v) is 8.17. The van der Waals surface area contributed by atoms with E-state index in [1.807, 2.05) is 11.3 Å². The van der Waals surface area contributed by atoms with E-state index >= 15 is 0 Å². The lowest BCUT2D eigenvalue weighted by atomic mass is 9.76.